The van der Waals surface area contributed by atoms with Gasteiger partial charge in [0, 0.05) is 29.2 Å². The van der Waals surface area contributed by atoms with E-state index in [4.69, 9.17) is 9.47 Å². The lowest BCUT2D eigenvalue weighted by Crippen LogP contribution is -2.21. The molecular formula is C25H24N6O3S. The number of hydrogen-bond acceptors (Lipinski definition) is 8. The molecule has 2 aromatic heterocycles. The number of benzene rings is 2. The van der Waals surface area contributed by atoms with Crippen molar-refractivity contribution in [2.45, 2.75) is 12.1 Å². The van der Waals surface area contributed by atoms with E-state index in [1.54, 1.807) is 26.6 Å². The van der Waals surface area contributed by atoms with E-state index in [-0.39, 0.29) is 11.7 Å². The Morgan fingerprint density at radius 1 is 1.00 bits per heavy atom. The van der Waals surface area contributed by atoms with Crippen molar-refractivity contribution >= 4 is 23.4 Å². The average Bonchev–Trinajstić information content (AvgIpc) is 3.35. The first-order chi connectivity index (χ1) is 17.1. The van der Waals surface area contributed by atoms with Crippen LogP contribution in [0.25, 0.3) is 17.1 Å². The molecule has 0 fully saturated rings. The number of nitrogens with one attached hydrogen (secondary N) is 1. The summed E-state index contributed by atoms with van der Waals surface area (Å²) in [7, 11) is 3.18. The summed E-state index contributed by atoms with van der Waals surface area (Å²) in [5.74, 6) is 1.69. The van der Waals surface area contributed by atoms with Gasteiger partial charge in [-0.25, -0.2) is 5.43 Å². The quantitative estimate of drug-likeness (QED) is 0.216. The minimum atomic E-state index is -0.251. The van der Waals surface area contributed by atoms with E-state index >= 15 is 0 Å². The van der Waals surface area contributed by atoms with Gasteiger partial charge in [-0.05, 0) is 49.4 Å². The zero-order chi connectivity index (χ0) is 24.6. The van der Waals surface area contributed by atoms with Crippen LogP contribution in [0.5, 0.6) is 11.5 Å². The van der Waals surface area contributed by atoms with E-state index in [0.717, 1.165) is 16.8 Å². The Labute approximate surface area is 207 Å². The summed E-state index contributed by atoms with van der Waals surface area (Å²) < 4.78 is 12.7. The molecule has 1 N–H and O–H groups in total. The van der Waals surface area contributed by atoms with Gasteiger partial charge in [-0.15, -0.1) is 10.2 Å². The lowest BCUT2D eigenvalue weighted by atomic mass is 10.2. The van der Waals surface area contributed by atoms with Crippen LogP contribution in [0.1, 0.15) is 12.5 Å². The van der Waals surface area contributed by atoms with Crippen molar-refractivity contribution in [3.05, 3.63) is 78.6 Å². The molecular weight excluding hydrogens is 464 g/mol. The number of pyridine rings is 1. The summed E-state index contributed by atoms with van der Waals surface area (Å²) >= 11 is 1.27. The zero-order valence-corrected chi connectivity index (χ0v) is 20.3. The van der Waals surface area contributed by atoms with Crippen molar-refractivity contribution in [3.8, 4) is 28.6 Å². The number of para-hydroxylation sites is 1. The third kappa shape index (κ3) is 5.67. The maximum absolute atomic E-state index is 12.5. The molecule has 0 radical (unpaired) electrons. The van der Waals surface area contributed by atoms with Gasteiger partial charge in [0.25, 0.3) is 5.91 Å². The number of hydrogen-bond donors (Lipinski definition) is 1. The topological polar surface area (TPSA) is 104 Å². The minimum absolute atomic E-state index is 0.115. The molecule has 0 unspecified atom stereocenters. The lowest BCUT2D eigenvalue weighted by molar-refractivity contribution is -0.118. The predicted octanol–water partition coefficient (Wildman–Crippen LogP) is 3.98. The number of carbonyl (C=O) groups excluding carboxylic acids is 1. The van der Waals surface area contributed by atoms with Gasteiger partial charge >= 0.3 is 0 Å². The van der Waals surface area contributed by atoms with Gasteiger partial charge in [0.2, 0.25) is 0 Å². The van der Waals surface area contributed by atoms with Crippen LogP contribution in [0, 0.1) is 0 Å². The van der Waals surface area contributed by atoms with E-state index in [9.17, 15) is 4.79 Å². The summed E-state index contributed by atoms with van der Waals surface area (Å²) in [6.07, 6.45) is 3.36. The fourth-order valence-corrected chi connectivity index (χ4v) is 4.05. The van der Waals surface area contributed by atoms with E-state index in [2.05, 4.69) is 25.7 Å². The number of carbonyl (C=O) groups is 1. The second-order valence-corrected chi connectivity index (χ2v) is 8.25. The van der Waals surface area contributed by atoms with Crippen molar-refractivity contribution < 1.29 is 14.3 Å². The van der Waals surface area contributed by atoms with Crippen molar-refractivity contribution in [2.24, 2.45) is 5.10 Å². The molecule has 0 aliphatic carbocycles. The summed E-state index contributed by atoms with van der Waals surface area (Å²) in [5.41, 5.74) is 5.84. The standard InChI is InChI=1S/C25H24N6O3S/c1-17(18-11-13-26-14-12-18)27-28-23(32)16-35-25-30-29-24(31(25)20-7-5-4-6-8-20)19-9-10-21(33-2)22(15-19)34-3/h4-15H,16H2,1-3H3,(H,28,32). The maximum Gasteiger partial charge on any atom is 0.250 e. The highest BCUT2D eigenvalue weighted by molar-refractivity contribution is 7.99. The summed E-state index contributed by atoms with van der Waals surface area (Å²) in [6, 6.07) is 18.9. The predicted molar refractivity (Wildman–Crippen MR) is 135 cm³/mol. The third-order valence-electron chi connectivity index (χ3n) is 5.07. The highest BCUT2D eigenvalue weighted by Crippen LogP contribution is 2.34. The van der Waals surface area contributed by atoms with E-state index < -0.39 is 0 Å². The van der Waals surface area contributed by atoms with E-state index in [0.29, 0.717) is 28.2 Å². The van der Waals surface area contributed by atoms with Gasteiger partial charge in [-0.1, -0.05) is 30.0 Å². The molecule has 0 aliphatic rings. The summed E-state index contributed by atoms with van der Waals surface area (Å²) in [4.78, 5) is 16.5. The molecule has 2 heterocycles. The Balaban J connectivity index is 1.57. The molecule has 0 aliphatic heterocycles. The van der Waals surface area contributed by atoms with Crippen LogP contribution in [-0.2, 0) is 4.79 Å². The highest BCUT2D eigenvalue weighted by atomic mass is 32.2. The van der Waals surface area contributed by atoms with Crippen LogP contribution in [0.3, 0.4) is 0 Å². The highest BCUT2D eigenvalue weighted by Gasteiger charge is 2.18. The molecule has 9 nitrogen and oxygen atoms in total. The normalized spacial score (nSPS) is 11.2. The molecule has 10 heteroatoms. The van der Waals surface area contributed by atoms with Crippen LogP contribution in [0.15, 0.2) is 83.3 Å². The lowest BCUT2D eigenvalue weighted by Gasteiger charge is -2.12. The second kappa shape index (κ2) is 11.3. The van der Waals surface area contributed by atoms with Crippen molar-refractivity contribution in [1.29, 1.82) is 0 Å². The molecule has 4 aromatic rings. The SMILES string of the molecule is COc1ccc(-c2nnc(SCC(=O)NN=C(C)c3ccncc3)n2-c2ccccc2)cc1OC. The number of thioether (sulfide) groups is 1. The molecule has 2 aromatic carbocycles. The molecule has 35 heavy (non-hydrogen) atoms. The van der Waals surface area contributed by atoms with Crippen LogP contribution in [0.2, 0.25) is 0 Å². The average molecular weight is 489 g/mol. The van der Waals surface area contributed by atoms with Crippen molar-refractivity contribution in [2.75, 3.05) is 20.0 Å². The van der Waals surface area contributed by atoms with Gasteiger partial charge < -0.3 is 9.47 Å². The van der Waals surface area contributed by atoms with Crippen LogP contribution in [-0.4, -0.2) is 51.3 Å². The Kier molecular flexibility index (Phi) is 7.74. The number of aromatic nitrogens is 4. The number of rotatable bonds is 9. The Morgan fingerprint density at radius 2 is 1.74 bits per heavy atom. The fraction of sp³-hybridized carbons (Fsp3) is 0.160. The maximum atomic E-state index is 12.5. The van der Waals surface area contributed by atoms with Crippen LogP contribution >= 0.6 is 11.8 Å². The van der Waals surface area contributed by atoms with Gasteiger partial charge in [-0.3, -0.25) is 14.3 Å². The fourth-order valence-electron chi connectivity index (χ4n) is 3.30. The minimum Gasteiger partial charge on any atom is -0.493 e. The molecule has 0 saturated carbocycles. The number of hydrazone groups is 1. The Morgan fingerprint density at radius 3 is 2.46 bits per heavy atom. The van der Waals surface area contributed by atoms with Gasteiger partial charge in [0.05, 0.1) is 25.7 Å². The summed E-state index contributed by atoms with van der Waals surface area (Å²) in [5, 5.41) is 13.5. The van der Waals surface area contributed by atoms with Gasteiger partial charge in [-0.2, -0.15) is 5.10 Å². The van der Waals surface area contributed by atoms with Crippen LogP contribution < -0.4 is 14.9 Å². The van der Waals surface area contributed by atoms with E-state index in [1.165, 1.54) is 11.8 Å². The molecule has 4 rings (SSSR count). The number of amides is 1. The first kappa shape index (κ1) is 24.0. The molecule has 0 bridgehead atoms. The Hall–Kier alpha value is -4.18. The zero-order valence-electron chi connectivity index (χ0n) is 19.5. The van der Waals surface area contributed by atoms with E-state index in [1.807, 2.05) is 72.2 Å². The number of ether oxygens (including phenoxy) is 2. The van der Waals surface area contributed by atoms with Crippen LogP contribution in [0.4, 0.5) is 0 Å². The number of methoxy groups -OCH3 is 2. The molecule has 1 amide bonds. The molecule has 0 spiro atoms. The monoisotopic (exact) mass is 488 g/mol. The Bertz CT molecular complexity index is 1330. The molecule has 0 atom stereocenters. The van der Waals surface area contributed by atoms with Crippen molar-refractivity contribution in [3.63, 3.8) is 0 Å². The first-order valence-corrected chi connectivity index (χ1v) is 11.7. The number of nitrogens with zero attached hydrogens (tertiary/aromatic N) is 5. The molecule has 178 valence electrons. The second-order valence-electron chi connectivity index (χ2n) is 7.30. The first-order valence-electron chi connectivity index (χ1n) is 10.7. The summed E-state index contributed by atoms with van der Waals surface area (Å²) in [6.45, 7) is 1.82. The van der Waals surface area contributed by atoms with Gasteiger partial charge in [0.1, 0.15) is 0 Å². The third-order valence-corrected chi connectivity index (χ3v) is 6.00. The van der Waals surface area contributed by atoms with Gasteiger partial charge in [0.15, 0.2) is 22.5 Å². The largest absolute Gasteiger partial charge is 0.493 e. The molecule has 0 saturated heterocycles. The van der Waals surface area contributed by atoms with Crippen molar-refractivity contribution in [1.82, 2.24) is 25.2 Å². The smallest absolute Gasteiger partial charge is 0.250 e.